The number of hydrogen-bond donors (Lipinski definition) is 1. The maximum Gasteiger partial charge on any atom is 0.135 e. The summed E-state index contributed by atoms with van der Waals surface area (Å²) in [5, 5.41) is 3.34. The van der Waals surface area contributed by atoms with Gasteiger partial charge in [-0.05, 0) is 31.5 Å². The Kier molecular flexibility index (Phi) is 2.67. The normalized spacial score (nSPS) is 24.1. The third-order valence-corrected chi connectivity index (χ3v) is 2.57. The zero-order valence-electron chi connectivity index (χ0n) is 9.41. The number of ether oxygens (including phenoxy) is 2. The van der Waals surface area contributed by atoms with E-state index in [0.29, 0.717) is 0 Å². The SMILES string of the molecule is COc1ccc(C2NCC(C)(C)O2)cc1. The van der Waals surface area contributed by atoms with E-state index in [-0.39, 0.29) is 11.8 Å². The minimum atomic E-state index is -0.0788. The lowest BCUT2D eigenvalue weighted by Crippen LogP contribution is -2.23. The quantitative estimate of drug-likeness (QED) is 0.805. The lowest BCUT2D eigenvalue weighted by Gasteiger charge is -2.17. The molecule has 1 unspecified atom stereocenters. The summed E-state index contributed by atoms with van der Waals surface area (Å²) in [5.41, 5.74) is 1.06. The van der Waals surface area contributed by atoms with Crippen LogP contribution in [0.1, 0.15) is 25.6 Å². The Morgan fingerprint density at radius 2 is 2.00 bits per heavy atom. The Morgan fingerprint density at radius 1 is 1.33 bits per heavy atom. The van der Waals surface area contributed by atoms with E-state index in [4.69, 9.17) is 9.47 Å². The van der Waals surface area contributed by atoms with Crippen LogP contribution in [0.3, 0.4) is 0 Å². The van der Waals surface area contributed by atoms with Gasteiger partial charge in [-0.15, -0.1) is 0 Å². The first-order valence-electron chi connectivity index (χ1n) is 5.16. The second kappa shape index (κ2) is 3.83. The van der Waals surface area contributed by atoms with Crippen LogP contribution in [-0.2, 0) is 4.74 Å². The molecule has 1 aromatic carbocycles. The average molecular weight is 207 g/mol. The standard InChI is InChI=1S/C12H17NO2/c1-12(2)8-13-11(15-12)9-4-6-10(14-3)7-5-9/h4-7,11,13H,8H2,1-3H3. The van der Waals surface area contributed by atoms with Gasteiger partial charge in [-0.25, -0.2) is 0 Å². The molecule has 3 heteroatoms. The Hall–Kier alpha value is -1.06. The van der Waals surface area contributed by atoms with E-state index in [1.54, 1.807) is 7.11 Å². The first kappa shape index (κ1) is 10.5. The molecule has 0 saturated carbocycles. The van der Waals surface area contributed by atoms with Crippen molar-refractivity contribution >= 4 is 0 Å². The molecule has 1 fully saturated rings. The highest BCUT2D eigenvalue weighted by atomic mass is 16.5. The molecule has 0 aliphatic carbocycles. The summed E-state index contributed by atoms with van der Waals surface area (Å²) in [4.78, 5) is 0. The Labute approximate surface area is 90.4 Å². The molecule has 1 atom stereocenters. The van der Waals surface area contributed by atoms with Crippen molar-refractivity contribution in [3.05, 3.63) is 29.8 Å². The number of benzene rings is 1. The molecule has 1 aliphatic heterocycles. The van der Waals surface area contributed by atoms with E-state index in [1.165, 1.54) is 0 Å². The highest BCUT2D eigenvalue weighted by Gasteiger charge is 2.31. The molecule has 0 spiro atoms. The third-order valence-electron chi connectivity index (χ3n) is 2.57. The average Bonchev–Trinajstić information content (AvgIpc) is 2.59. The van der Waals surface area contributed by atoms with Crippen molar-refractivity contribution in [2.75, 3.05) is 13.7 Å². The topological polar surface area (TPSA) is 30.5 Å². The van der Waals surface area contributed by atoms with Crippen LogP contribution in [0, 0.1) is 0 Å². The van der Waals surface area contributed by atoms with Crippen LogP contribution in [0.25, 0.3) is 0 Å². The van der Waals surface area contributed by atoms with Crippen molar-refractivity contribution in [1.29, 1.82) is 0 Å². The van der Waals surface area contributed by atoms with Gasteiger partial charge in [-0.2, -0.15) is 0 Å². The van der Waals surface area contributed by atoms with Crippen LogP contribution in [-0.4, -0.2) is 19.3 Å². The van der Waals surface area contributed by atoms with E-state index >= 15 is 0 Å². The fourth-order valence-corrected chi connectivity index (χ4v) is 1.71. The van der Waals surface area contributed by atoms with E-state index in [1.807, 2.05) is 24.3 Å². The van der Waals surface area contributed by atoms with Gasteiger partial charge in [0.1, 0.15) is 12.0 Å². The van der Waals surface area contributed by atoms with Gasteiger partial charge >= 0.3 is 0 Å². The maximum absolute atomic E-state index is 5.86. The van der Waals surface area contributed by atoms with E-state index < -0.39 is 0 Å². The molecule has 0 amide bonds. The monoisotopic (exact) mass is 207 g/mol. The van der Waals surface area contributed by atoms with Crippen LogP contribution in [0.4, 0.5) is 0 Å². The molecular formula is C12H17NO2. The second-order valence-corrected chi connectivity index (χ2v) is 4.41. The number of rotatable bonds is 2. The van der Waals surface area contributed by atoms with E-state index in [2.05, 4.69) is 19.2 Å². The molecule has 82 valence electrons. The van der Waals surface area contributed by atoms with Crippen LogP contribution in [0.5, 0.6) is 5.75 Å². The second-order valence-electron chi connectivity index (χ2n) is 4.41. The summed E-state index contributed by atoms with van der Waals surface area (Å²) < 4.78 is 11.0. The first-order valence-corrected chi connectivity index (χ1v) is 5.16. The Balaban J connectivity index is 2.11. The van der Waals surface area contributed by atoms with E-state index in [0.717, 1.165) is 17.9 Å². The summed E-state index contributed by atoms with van der Waals surface area (Å²) >= 11 is 0. The molecule has 0 radical (unpaired) electrons. The van der Waals surface area contributed by atoms with Crippen molar-refractivity contribution in [1.82, 2.24) is 5.32 Å². The van der Waals surface area contributed by atoms with Crippen LogP contribution < -0.4 is 10.1 Å². The number of nitrogens with one attached hydrogen (secondary N) is 1. The van der Waals surface area contributed by atoms with Gasteiger partial charge in [0.25, 0.3) is 0 Å². The van der Waals surface area contributed by atoms with Crippen molar-refractivity contribution in [3.63, 3.8) is 0 Å². The molecule has 1 aliphatic rings. The van der Waals surface area contributed by atoms with Gasteiger partial charge in [0.15, 0.2) is 0 Å². The maximum atomic E-state index is 5.86. The predicted octanol–water partition coefficient (Wildman–Crippen LogP) is 2.09. The summed E-state index contributed by atoms with van der Waals surface area (Å²) in [6.45, 7) is 5.05. The van der Waals surface area contributed by atoms with E-state index in [9.17, 15) is 0 Å². The van der Waals surface area contributed by atoms with Crippen LogP contribution in [0.15, 0.2) is 24.3 Å². The fourth-order valence-electron chi connectivity index (χ4n) is 1.71. The lowest BCUT2D eigenvalue weighted by atomic mass is 10.1. The van der Waals surface area contributed by atoms with Gasteiger partial charge < -0.3 is 9.47 Å². The van der Waals surface area contributed by atoms with Crippen LogP contribution in [0.2, 0.25) is 0 Å². The molecule has 2 rings (SSSR count). The molecule has 0 aromatic heterocycles. The summed E-state index contributed by atoms with van der Waals surface area (Å²) in [5.74, 6) is 0.871. The zero-order valence-corrected chi connectivity index (χ0v) is 9.41. The van der Waals surface area contributed by atoms with Gasteiger partial charge in [0, 0.05) is 6.54 Å². The Morgan fingerprint density at radius 3 is 2.47 bits per heavy atom. The zero-order chi connectivity index (χ0) is 10.9. The lowest BCUT2D eigenvalue weighted by molar-refractivity contribution is -0.0156. The van der Waals surface area contributed by atoms with Crippen LogP contribution >= 0.6 is 0 Å². The predicted molar refractivity (Wildman–Crippen MR) is 58.9 cm³/mol. The first-order chi connectivity index (χ1) is 7.11. The third kappa shape index (κ3) is 2.30. The summed E-state index contributed by atoms with van der Waals surface area (Å²) in [6, 6.07) is 7.95. The molecule has 3 nitrogen and oxygen atoms in total. The Bertz CT molecular complexity index is 332. The van der Waals surface area contributed by atoms with Crippen molar-refractivity contribution < 1.29 is 9.47 Å². The molecule has 15 heavy (non-hydrogen) atoms. The van der Waals surface area contributed by atoms with Crippen molar-refractivity contribution in [2.24, 2.45) is 0 Å². The molecule has 1 N–H and O–H groups in total. The number of hydrogen-bond acceptors (Lipinski definition) is 3. The number of methoxy groups -OCH3 is 1. The fraction of sp³-hybridized carbons (Fsp3) is 0.500. The smallest absolute Gasteiger partial charge is 0.135 e. The highest BCUT2D eigenvalue weighted by molar-refractivity contribution is 5.28. The van der Waals surface area contributed by atoms with Crippen molar-refractivity contribution in [3.8, 4) is 5.75 Å². The largest absolute Gasteiger partial charge is 0.497 e. The molecule has 1 saturated heterocycles. The minimum Gasteiger partial charge on any atom is -0.497 e. The van der Waals surface area contributed by atoms with Crippen molar-refractivity contribution in [2.45, 2.75) is 25.7 Å². The summed E-state index contributed by atoms with van der Waals surface area (Å²) in [7, 11) is 1.67. The van der Waals surface area contributed by atoms with Gasteiger partial charge in [0.05, 0.1) is 12.7 Å². The highest BCUT2D eigenvalue weighted by Crippen LogP contribution is 2.28. The minimum absolute atomic E-state index is 0.00547. The van der Waals surface area contributed by atoms with Gasteiger partial charge in [0.2, 0.25) is 0 Å². The van der Waals surface area contributed by atoms with Gasteiger partial charge in [-0.3, -0.25) is 5.32 Å². The molecule has 0 bridgehead atoms. The van der Waals surface area contributed by atoms with Gasteiger partial charge in [-0.1, -0.05) is 12.1 Å². The summed E-state index contributed by atoms with van der Waals surface area (Å²) in [6.07, 6.45) is 0.00547. The molecule has 1 aromatic rings. The molecule has 1 heterocycles. The molecular weight excluding hydrogens is 190 g/mol.